The SMILES string of the molecule is Oc1ccc(C(S)I)cc1. The molecule has 1 N–H and O–H groups in total. The number of aromatic hydroxyl groups is 1. The molecule has 1 atom stereocenters. The molecule has 0 bridgehead atoms. The molecule has 3 heteroatoms. The number of halogens is 1. The van der Waals surface area contributed by atoms with E-state index in [2.05, 4.69) is 35.2 Å². The Kier molecular flexibility index (Phi) is 2.85. The summed E-state index contributed by atoms with van der Waals surface area (Å²) >= 11 is 6.43. The monoisotopic (exact) mass is 266 g/mol. The van der Waals surface area contributed by atoms with E-state index in [9.17, 15) is 0 Å². The Bertz CT molecular complexity index is 207. The van der Waals surface area contributed by atoms with Crippen molar-refractivity contribution in [2.75, 3.05) is 0 Å². The zero-order valence-electron chi connectivity index (χ0n) is 5.16. The fourth-order valence-corrected chi connectivity index (χ4v) is 1.22. The first-order chi connectivity index (χ1) is 4.70. The van der Waals surface area contributed by atoms with Gasteiger partial charge in [-0.1, -0.05) is 34.7 Å². The van der Waals surface area contributed by atoms with Crippen molar-refractivity contribution >= 4 is 35.2 Å². The molecule has 0 radical (unpaired) electrons. The molecule has 0 heterocycles. The molecule has 0 fully saturated rings. The van der Waals surface area contributed by atoms with Gasteiger partial charge in [0, 0.05) is 0 Å². The molecule has 0 aliphatic rings. The van der Waals surface area contributed by atoms with Crippen LogP contribution in [0.1, 0.15) is 8.82 Å². The molecule has 1 nitrogen and oxygen atoms in total. The second-order valence-electron chi connectivity index (χ2n) is 1.93. The Labute approximate surface area is 79.0 Å². The van der Waals surface area contributed by atoms with Gasteiger partial charge in [-0.15, -0.1) is 0 Å². The van der Waals surface area contributed by atoms with Gasteiger partial charge in [-0.05, 0) is 17.7 Å². The predicted octanol–water partition coefficient (Wildman–Crippen LogP) is 2.76. The summed E-state index contributed by atoms with van der Waals surface area (Å²) in [7, 11) is 0. The smallest absolute Gasteiger partial charge is 0.115 e. The summed E-state index contributed by atoms with van der Waals surface area (Å²) in [5.74, 6) is 0.300. The first-order valence-corrected chi connectivity index (χ1v) is 4.57. The van der Waals surface area contributed by atoms with Crippen LogP contribution < -0.4 is 0 Å². The van der Waals surface area contributed by atoms with Gasteiger partial charge in [0.05, 0.1) is 3.26 Å². The van der Waals surface area contributed by atoms with E-state index in [0.717, 1.165) is 5.56 Å². The summed E-state index contributed by atoms with van der Waals surface area (Å²) in [4.78, 5) is 0. The highest BCUT2D eigenvalue weighted by atomic mass is 127. The lowest BCUT2D eigenvalue weighted by Gasteiger charge is -2.00. The second kappa shape index (κ2) is 3.48. The summed E-state index contributed by atoms with van der Waals surface area (Å²) in [5, 5.41) is 8.91. The van der Waals surface area contributed by atoms with Gasteiger partial charge in [0.25, 0.3) is 0 Å². The molecule has 0 aromatic heterocycles. The van der Waals surface area contributed by atoms with Crippen LogP contribution in [0.2, 0.25) is 0 Å². The zero-order valence-corrected chi connectivity index (χ0v) is 8.21. The number of benzene rings is 1. The minimum Gasteiger partial charge on any atom is -0.508 e. The molecule has 0 spiro atoms. The Hall–Kier alpha value is 0.1000. The van der Waals surface area contributed by atoms with E-state index in [0.29, 0.717) is 5.75 Å². The van der Waals surface area contributed by atoms with Crippen LogP contribution in [0, 0.1) is 0 Å². The quantitative estimate of drug-likeness (QED) is 0.455. The summed E-state index contributed by atoms with van der Waals surface area (Å²) < 4.78 is 0.207. The van der Waals surface area contributed by atoms with Gasteiger partial charge in [0.1, 0.15) is 5.75 Å². The molecule has 1 unspecified atom stereocenters. The topological polar surface area (TPSA) is 20.2 Å². The summed E-state index contributed by atoms with van der Waals surface area (Å²) in [6.45, 7) is 0. The van der Waals surface area contributed by atoms with Crippen LogP contribution in [-0.2, 0) is 0 Å². The van der Waals surface area contributed by atoms with Crippen LogP contribution in [0.5, 0.6) is 5.75 Å². The normalized spacial score (nSPS) is 13.0. The number of phenols is 1. The van der Waals surface area contributed by atoms with E-state index >= 15 is 0 Å². The number of phenolic OH excluding ortho intramolecular Hbond substituents is 1. The maximum Gasteiger partial charge on any atom is 0.115 e. The highest BCUT2D eigenvalue weighted by molar-refractivity contribution is 14.1. The van der Waals surface area contributed by atoms with Gasteiger partial charge >= 0.3 is 0 Å². The Morgan fingerprint density at radius 2 is 1.80 bits per heavy atom. The van der Waals surface area contributed by atoms with E-state index in [4.69, 9.17) is 5.11 Å². The molecule has 0 amide bonds. The minimum absolute atomic E-state index is 0.207. The molecular weight excluding hydrogens is 259 g/mol. The van der Waals surface area contributed by atoms with E-state index in [1.54, 1.807) is 12.1 Å². The van der Waals surface area contributed by atoms with Gasteiger partial charge < -0.3 is 5.11 Å². The molecule has 0 aliphatic carbocycles. The fraction of sp³-hybridized carbons (Fsp3) is 0.143. The van der Waals surface area contributed by atoms with E-state index in [-0.39, 0.29) is 3.26 Å². The highest BCUT2D eigenvalue weighted by Crippen LogP contribution is 2.27. The van der Waals surface area contributed by atoms with Crippen LogP contribution in [0.25, 0.3) is 0 Å². The van der Waals surface area contributed by atoms with Gasteiger partial charge in [-0.3, -0.25) is 0 Å². The maximum atomic E-state index is 8.91. The van der Waals surface area contributed by atoms with Gasteiger partial charge in [-0.25, -0.2) is 0 Å². The van der Waals surface area contributed by atoms with Gasteiger partial charge in [0.15, 0.2) is 0 Å². The summed E-state index contributed by atoms with van der Waals surface area (Å²) in [6, 6.07) is 7.05. The second-order valence-corrected chi connectivity index (χ2v) is 4.67. The van der Waals surface area contributed by atoms with Gasteiger partial charge in [-0.2, -0.15) is 12.6 Å². The fourth-order valence-electron chi connectivity index (χ4n) is 0.633. The first kappa shape index (κ1) is 8.20. The van der Waals surface area contributed by atoms with Crippen LogP contribution in [-0.4, -0.2) is 5.11 Å². The minimum atomic E-state index is 0.207. The van der Waals surface area contributed by atoms with Crippen LogP contribution in [0.3, 0.4) is 0 Å². The number of rotatable bonds is 1. The molecule has 1 aromatic carbocycles. The molecule has 1 rings (SSSR count). The van der Waals surface area contributed by atoms with Crippen molar-refractivity contribution < 1.29 is 5.11 Å². The van der Waals surface area contributed by atoms with Crippen molar-refractivity contribution in [3.8, 4) is 5.75 Å². The Morgan fingerprint density at radius 1 is 1.30 bits per heavy atom. The first-order valence-electron chi connectivity index (χ1n) is 2.81. The number of alkyl halides is 1. The lowest BCUT2D eigenvalue weighted by molar-refractivity contribution is 0.475. The lowest BCUT2D eigenvalue weighted by Crippen LogP contribution is -1.77. The predicted molar refractivity (Wildman–Crippen MR) is 53.9 cm³/mol. The third-order valence-electron chi connectivity index (χ3n) is 1.17. The molecule has 54 valence electrons. The summed E-state index contributed by atoms with van der Waals surface area (Å²) in [5.41, 5.74) is 1.11. The maximum absolute atomic E-state index is 8.91. The van der Waals surface area contributed by atoms with Crippen molar-refractivity contribution in [2.45, 2.75) is 3.26 Å². The molecule has 0 saturated heterocycles. The molecular formula is C7H7IOS. The molecule has 0 aliphatic heterocycles. The summed E-state index contributed by atoms with van der Waals surface area (Å²) in [6.07, 6.45) is 0. The van der Waals surface area contributed by atoms with Crippen LogP contribution in [0.15, 0.2) is 24.3 Å². The van der Waals surface area contributed by atoms with Crippen molar-refractivity contribution in [1.82, 2.24) is 0 Å². The van der Waals surface area contributed by atoms with Gasteiger partial charge in [0.2, 0.25) is 0 Å². The molecule has 10 heavy (non-hydrogen) atoms. The van der Waals surface area contributed by atoms with Crippen molar-refractivity contribution in [3.63, 3.8) is 0 Å². The average molecular weight is 266 g/mol. The van der Waals surface area contributed by atoms with E-state index in [1.165, 1.54) is 0 Å². The van der Waals surface area contributed by atoms with Crippen molar-refractivity contribution in [2.24, 2.45) is 0 Å². The zero-order chi connectivity index (χ0) is 7.56. The Morgan fingerprint density at radius 3 is 2.20 bits per heavy atom. The van der Waals surface area contributed by atoms with Crippen molar-refractivity contribution in [1.29, 1.82) is 0 Å². The standard InChI is InChI=1S/C7H7IOS/c8-7(10)5-1-3-6(9)4-2-5/h1-4,7,9-10H. The van der Waals surface area contributed by atoms with Crippen LogP contribution in [0.4, 0.5) is 0 Å². The third kappa shape index (κ3) is 2.05. The lowest BCUT2D eigenvalue weighted by atomic mass is 10.2. The molecule has 0 saturated carbocycles. The number of thiol groups is 1. The van der Waals surface area contributed by atoms with Crippen LogP contribution >= 0.6 is 35.2 Å². The van der Waals surface area contributed by atoms with Crippen molar-refractivity contribution in [3.05, 3.63) is 29.8 Å². The number of hydrogen-bond acceptors (Lipinski definition) is 2. The largest absolute Gasteiger partial charge is 0.508 e. The highest BCUT2D eigenvalue weighted by Gasteiger charge is 1.98. The van der Waals surface area contributed by atoms with E-state index in [1.807, 2.05) is 12.1 Å². The average Bonchev–Trinajstić information content (AvgIpc) is 1.88. The Balaban J connectivity index is 2.89. The molecule has 1 aromatic rings. The van der Waals surface area contributed by atoms with E-state index < -0.39 is 0 Å². The number of hydrogen-bond donors (Lipinski definition) is 2. The third-order valence-corrected chi connectivity index (χ3v) is 2.19.